The summed E-state index contributed by atoms with van der Waals surface area (Å²) < 4.78 is 28.9. The van der Waals surface area contributed by atoms with Crippen molar-refractivity contribution in [1.29, 1.82) is 0 Å². The Labute approximate surface area is 121 Å². The standard InChI is InChI=1S/C11H15N5O2S2/c1-12-6-9-2-3-11(19-9)20(17,18)16-5-4-15-8-13-14-10(15)7-16/h2-3,8,12H,4-7H2,1H3. The molecule has 0 aromatic carbocycles. The monoisotopic (exact) mass is 313 g/mol. The number of thiophene rings is 1. The van der Waals surface area contributed by atoms with Crippen molar-refractivity contribution in [2.75, 3.05) is 13.6 Å². The molecule has 2 aromatic heterocycles. The van der Waals surface area contributed by atoms with Gasteiger partial charge in [-0.2, -0.15) is 4.31 Å². The van der Waals surface area contributed by atoms with Gasteiger partial charge in [0.15, 0.2) is 0 Å². The molecule has 1 aliphatic rings. The van der Waals surface area contributed by atoms with Crippen LogP contribution in [0.3, 0.4) is 0 Å². The second-order valence-corrected chi connectivity index (χ2v) is 7.86. The number of fused-ring (bicyclic) bond motifs is 1. The van der Waals surface area contributed by atoms with Crippen LogP contribution in [0.25, 0.3) is 0 Å². The normalized spacial score (nSPS) is 16.2. The van der Waals surface area contributed by atoms with Crippen LogP contribution in [0, 0.1) is 0 Å². The zero-order valence-electron chi connectivity index (χ0n) is 11.0. The Hall–Kier alpha value is -1.29. The topological polar surface area (TPSA) is 80.1 Å². The Kier molecular flexibility index (Phi) is 3.59. The minimum atomic E-state index is -3.44. The number of hydrogen-bond donors (Lipinski definition) is 1. The van der Waals surface area contributed by atoms with E-state index in [1.807, 2.05) is 17.7 Å². The van der Waals surface area contributed by atoms with Crippen LogP contribution in [0.5, 0.6) is 0 Å². The smallest absolute Gasteiger partial charge is 0.253 e. The minimum absolute atomic E-state index is 0.279. The highest BCUT2D eigenvalue weighted by molar-refractivity contribution is 7.91. The number of rotatable bonds is 4. The lowest BCUT2D eigenvalue weighted by molar-refractivity contribution is 0.336. The molecule has 20 heavy (non-hydrogen) atoms. The van der Waals surface area contributed by atoms with Crippen LogP contribution in [0.1, 0.15) is 10.7 Å². The van der Waals surface area contributed by atoms with Crippen molar-refractivity contribution in [1.82, 2.24) is 24.4 Å². The highest BCUT2D eigenvalue weighted by Crippen LogP contribution is 2.27. The zero-order chi connectivity index (χ0) is 14.2. The summed E-state index contributed by atoms with van der Waals surface area (Å²) in [4.78, 5) is 1.01. The highest BCUT2D eigenvalue weighted by Gasteiger charge is 2.30. The van der Waals surface area contributed by atoms with Gasteiger partial charge in [0, 0.05) is 24.5 Å². The summed E-state index contributed by atoms with van der Waals surface area (Å²) in [7, 11) is -1.60. The number of nitrogens with zero attached hydrogens (tertiary/aromatic N) is 4. The molecule has 3 rings (SSSR count). The summed E-state index contributed by atoms with van der Waals surface area (Å²) in [5.74, 6) is 0.687. The van der Waals surface area contributed by atoms with Gasteiger partial charge < -0.3 is 9.88 Å². The van der Waals surface area contributed by atoms with Crippen molar-refractivity contribution in [2.45, 2.75) is 23.8 Å². The van der Waals surface area contributed by atoms with Crippen molar-refractivity contribution < 1.29 is 8.42 Å². The maximum atomic E-state index is 12.6. The molecule has 0 unspecified atom stereocenters. The average Bonchev–Trinajstić information content (AvgIpc) is 3.06. The van der Waals surface area contributed by atoms with E-state index in [0.29, 0.717) is 29.7 Å². The fourth-order valence-corrected chi connectivity index (χ4v) is 5.05. The molecule has 1 N–H and O–H groups in total. The van der Waals surface area contributed by atoms with Gasteiger partial charge in [0.1, 0.15) is 16.4 Å². The van der Waals surface area contributed by atoms with Gasteiger partial charge in [-0.15, -0.1) is 21.5 Å². The Bertz CT molecular complexity index is 706. The van der Waals surface area contributed by atoms with E-state index in [1.54, 1.807) is 12.4 Å². The Morgan fingerprint density at radius 1 is 1.40 bits per heavy atom. The fraction of sp³-hybridized carbons (Fsp3) is 0.455. The van der Waals surface area contributed by atoms with Crippen LogP contribution in [-0.4, -0.2) is 41.1 Å². The molecule has 0 saturated carbocycles. The molecule has 0 amide bonds. The van der Waals surface area contributed by atoms with E-state index in [4.69, 9.17) is 0 Å². The first kappa shape index (κ1) is 13.7. The molecule has 0 atom stereocenters. The fourth-order valence-electron chi connectivity index (χ4n) is 2.14. The molecule has 0 spiro atoms. The molecule has 0 bridgehead atoms. The molecule has 1 aliphatic heterocycles. The molecule has 7 nitrogen and oxygen atoms in total. The van der Waals surface area contributed by atoms with Gasteiger partial charge in [-0.25, -0.2) is 8.42 Å². The predicted molar refractivity (Wildman–Crippen MR) is 74.7 cm³/mol. The third-order valence-corrected chi connectivity index (χ3v) is 6.58. The van der Waals surface area contributed by atoms with Crippen LogP contribution in [-0.2, 0) is 29.7 Å². The van der Waals surface area contributed by atoms with Crippen molar-refractivity contribution in [3.63, 3.8) is 0 Å². The van der Waals surface area contributed by atoms with E-state index in [-0.39, 0.29) is 6.54 Å². The summed E-state index contributed by atoms with van der Waals surface area (Å²) >= 11 is 1.31. The molecule has 2 aromatic rings. The second-order valence-electron chi connectivity index (χ2n) is 4.53. The lowest BCUT2D eigenvalue weighted by atomic mass is 10.4. The molecule has 3 heterocycles. The van der Waals surface area contributed by atoms with Gasteiger partial charge in [-0.3, -0.25) is 0 Å². The van der Waals surface area contributed by atoms with Crippen LogP contribution >= 0.6 is 11.3 Å². The zero-order valence-corrected chi connectivity index (χ0v) is 12.6. The predicted octanol–water partition coefficient (Wildman–Crippen LogP) is 0.263. The maximum absolute atomic E-state index is 12.6. The molecule has 108 valence electrons. The molecule has 9 heteroatoms. The largest absolute Gasteiger partial charge is 0.315 e. The van der Waals surface area contributed by atoms with E-state index in [0.717, 1.165) is 4.88 Å². The SMILES string of the molecule is CNCc1ccc(S(=O)(=O)N2CCn3cnnc3C2)s1. The van der Waals surface area contributed by atoms with Gasteiger partial charge in [-0.1, -0.05) is 0 Å². The summed E-state index contributed by atoms with van der Waals surface area (Å²) in [5, 5.41) is 10.8. The molecule has 0 fully saturated rings. The molecule has 0 aliphatic carbocycles. The van der Waals surface area contributed by atoms with Crippen molar-refractivity contribution >= 4 is 21.4 Å². The van der Waals surface area contributed by atoms with Gasteiger partial charge >= 0.3 is 0 Å². The summed E-state index contributed by atoms with van der Waals surface area (Å²) in [6.45, 7) is 2.00. The lowest BCUT2D eigenvalue weighted by Crippen LogP contribution is -2.37. The number of sulfonamides is 1. The van der Waals surface area contributed by atoms with Gasteiger partial charge in [0.05, 0.1) is 6.54 Å². The van der Waals surface area contributed by atoms with E-state index >= 15 is 0 Å². The van der Waals surface area contributed by atoms with Crippen LogP contribution < -0.4 is 5.32 Å². The third kappa shape index (κ3) is 2.37. The van der Waals surface area contributed by atoms with Gasteiger partial charge in [-0.05, 0) is 19.2 Å². The Morgan fingerprint density at radius 3 is 3.05 bits per heavy atom. The second kappa shape index (κ2) is 5.24. The maximum Gasteiger partial charge on any atom is 0.253 e. The number of hydrogen-bond acceptors (Lipinski definition) is 6. The first-order valence-electron chi connectivity index (χ1n) is 6.21. The highest BCUT2D eigenvalue weighted by atomic mass is 32.2. The van der Waals surface area contributed by atoms with E-state index in [2.05, 4.69) is 15.5 Å². The summed E-state index contributed by atoms with van der Waals surface area (Å²) in [6.07, 6.45) is 1.63. The first-order valence-corrected chi connectivity index (χ1v) is 8.47. The van der Waals surface area contributed by atoms with Gasteiger partial charge in [0.25, 0.3) is 10.0 Å². The van der Waals surface area contributed by atoms with Crippen molar-refractivity contribution in [3.8, 4) is 0 Å². The van der Waals surface area contributed by atoms with Gasteiger partial charge in [0.2, 0.25) is 0 Å². The van der Waals surface area contributed by atoms with Crippen LogP contribution in [0.4, 0.5) is 0 Å². The van der Waals surface area contributed by atoms with E-state index < -0.39 is 10.0 Å². The Morgan fingerprint density at radius 2 is 2.25 bits per heavy atom. The summed E-state index contributed by atoms with van der Waals surface area (Å²) in [6, 6.07) is 3.52. The molecule has 0 radical (unpaired) electrons. The molecule has 0 saturated heterocycles. The molecular formula is C11H15N5O2S2. The quantitative estimate of drug-likeness (QED) is 0.876. The average molecular weight is 313 g/mol. The number of nitrogens with one attached hydrogen (secondary N) is 1. The number of aromatic nitrogens is 3. The van der Waals surface area contributed by atoms with E-state index in [1.165, 1.54) is 15.6 Å². The molecular weight excluding hydrogens is 298 g/mol. The third-order valence-electron chi connectivity index (χ3n) is 3.19. The Balaban J connectivity index is 1.85. The van der Waals surface area contributed by atoms with E-state index in [9.17, 15) is 8.42 Å². The van der Waals surface area contributed by atoms with Crippen molar-refractivity contribution in [3.05, 3.63) is 29.2 Å². The minimum Gasteiger partial charge on any atom is -0.315 e. The van der Waals surface area contributed by atoms with Crippen LogP contribution in [0.2, 0.25) is 0 Å². The summed E-state index contributed by atoms with van der Waals surface area (Å²) in [5.41, 5.74) is 0. The first-order chi connectivity index (χ1) is 9.61. The van der Waals surface area contributed by atoms with Crippen molar-refractivity contribution in [2.24, 2.45) is 0 Å². The van der Waals surface area contributed by atoms with Crippen LogP contribution in [0.15, 0.2) is 22.7 Å². The lowest BCUT2D eigenvalue weighted by Gasteiger charge is -2.25.